The Morgan fingerprint density at radius 3 is 2.63 bits per heavy atom. The predicted octanol–water partition coefficient (Wildman–Crippen LogP) is 7.96. The van der Waals surface area contributed by atoms with Gasteiger partial charge in [0.15, 0.2) is 11.5 Å². The van der Waals surface area contributed by atoms with Gasteiger partial charge in [0.25, 0.3) is 5.69 Å². The van der Waals surface area contributed by atoms with Gasteiger partial charge in [0.05, 0.1) is 29.6 Å². The van der Waals surface area contributed by atoms with Crippen molar-refractivity contribution in [2.75, 3.05) is 20.5 Å². The second kappa shape index (κ2) is 9.96. The first kappa shape index (κ1) is 29.8. The van der Waals surface area contributed by atoms with Gasteiger partial charge < -0.3 is 24.1 Å². The molecule has 2 bridgehead atoms. The lowest BCUT2D eigenvalue weighted by molar-refractivity contribution is -0.383. The molecule has 1 spiro atoms. The number of rotatable bonds is 5. The minimum absolute atomic E-state index is 0.0142. The summed E-state index contributed by atoms with van der Waals surface area (Å²) >= 11 is 0. The van der Waals surface area contributed by atoms with Crippen LogP contribution >= 0.6 is 0 Å². The van der Waals surface area contributed by atoms with Crippen LogP contribution in [0.4, 0.5) is 5.69 Å². The van der Waals surface area contributed by atoms with Crippen LogP contribution in [-0.4, -0.2) is 42.1 Å². The van der Waals surface area contributed by atoms with Crippen molar-refractivity contribution < 1.29 is 33.8 Å². The number of benzene rings is 3. The van der Waals surface area contributed by atoms with Crippen molar-refractivity contribution >= 4 is 33.2 Å². The zero-order valence-electron chi connectivity index (χ0n) is 27.1. The van der Waals surface area contributed by atoms with Crippen molar-refractivity contribution in [2.45, 2.75) is 84.2 Å². The highest BCUT2D eigenvalue weighted by Gasteiger charge is 2.68. The van der Waals surface area contributed by atoms with E-state index >= 15 is 0 Å². The number of non-ortho nitro benzene ring substituents is 1. The molecule has 9 heteroatoms. The van der Waals surface area contributed by atoms with Crippen LogP contribution in [0.1, 0.15) is 88.9 Å². The Morgan fingerprint density at radius 2 is 1.87 bits per heavy atom. The molecule has 4 aliphatic carbocycles. The predicted molar refractivity (Wildman–Crippen MR) is 172 cm³/mol. The lowest BCUT2D eigenvalue weighted by atomic mass is 9.41. The van der Waals surface area contributed by atoms with E-state index in [1.807, 2.05) is 6.07 Å². The number of aliphatic hydroxyl groups is 1. The van der Waals surface area contributed by atoms with Crippen LogP contribution < -0.4 is 14.2 Å². The van der Waals surface area contributed by atoms with Gasteiger partial charge in [-0.2, -0.15) is 0 Å². The monoisotopic (exact) mass is 629 g/mol. The van der Waals surface area contributed by atoms with Crippen LogP contribution in [0.2, 0.25) is 0 Å². The summed E-state index contributed by atoms with van der Waals surface area (Å²) < 4.78 is 23.7. The third-order valence-electron chi connectivity index (χ3n) is 13.3. The Bertz CT molecular complexity index is 1800. The molecule has 9 nitrogen and oxygen atoms in total. The number of nitro groups is 1. The number of nitrogens with zero attached hydrogens (tertiary/aromatic N) is 1. The zero-order valence-corrected chi connectivity index (χ0v) is 27.1. The van der Waals surface area contributed by atoms with Gasteiger partial charge in [-0.05, 0) is 97.0 Å². The molecular formula is C37H43NO8. The number of carbonyl (C=O) groups excluding carboxylic acids is 1. The first-order valence-corrected chi connectivity index (χ1v) is 16.8. The molecule has 4 fully saturated rings. The summed E-state index contributed by atoms with van der Waals surface area (Å²) in [5.74, 6) is 1.70. The van der Waals surface area contributed by atoms with Gasteiger partial charge in [-0.25, -0.2) is 4.79 Å². The van der Waals surface area contributed by atoms with Crippen LogP contribution in [0.5, 0.6) is 17.2 Å². The first-order chi connectivity index (χ1) is 22.0. The standard InChI is InChI=1S/C37H43NO8/c1-34(2)12-6-13-35(3)28(34)11-14-36-17-21(9-10-29(35)36)37(18-36,19-39)46-33(40)24-16-27-32(45-20-44-27)31-22-7-5-8-26(43-4)23(22)15-25(30(24)31)38(41)42/h5,7-8,15-16,21,28-29,39H,6,9-14,17-20H2,1-4H3/t21-,28-,29+,35-,36+,37+/m1/s1. The summed E-state index contributed by atoms with van der Waals surface area (Å²) in [5.41, 5.74) is -0.684. The fourth-order valence-corrected chi connectivity index (χ4v) is 11.7. The molecule has 0 saturated heterocycles. The normalized spacial score (nSPS) is 33.8. The van der Waals surface area contributed by atoms with E-state index in [9.17, 15) is 20.0 Å². The molecule has 5 aliphatic rings. The van der Waals surface area contributed by atoms with Gasteiger partial charge in [0.2, 0.25) is 6.79 Å². The van der Waals surface area contributed by atoms with Gasteiger partial charge in [-0.15, -0.1) is 0 Å². The zero-order chi connectivity index (χ0) is 32.2. The molecule has 0 aromatic heterocycles. The van der Waals surface area contributed by atoms with Crippen LogP contribution in [0.3, 0.4) is 0 Å². The van der Waals surface area contributed by atoms with Crippen molar-refractivity contribution in [1.29, 1.82) is 0 Å². The summed E-state index contributed by atoms with van der Waals surface area (Å²) in [6.45, 7) is 7.07. The highest BCUT2D eigenvalue weighted by molar-refractivity contribution is 6.22. The van der Waals surface area contributed by atoms with Gasteiger partial charge in [0.1, 0.15) is 11.4 Å². The van der Waals surface area contributed by atoms with E-state index in [-0.39, 0.29) is 46.8 Å². The van der Waals surface area contributed by atoms with Gasteiger partial charge in [-0.3, -0.25) is 10.1 Å². The summed E-state index contributed by atoms with van der Waals surface area (Å²) in [5, 5.41) is 25.4. The summed E-state index contributed by atoms with van der Waals surface area (Å²) in [7, 11) is 1.51. The number of aliphatic hydroxyl groups excluding tert-OH is 1. The minimum atomic E-state index is -1.04. The van der Waals surface area contributed by atoms with E-state index in [4.69, 9.17) is 18.9 Å². The van der Waals surface area contributed by atoms with E-state index in [0.717, 1.165) is 32.1 Å². The molecule has 6 atom stereocenters. The topological polar surface area (TPSA) is 117 Å². The molecule has 0 amide bonds. The Morgan fingerprint density at radius 1 is 1.04 bits per heavy atom. The number of hydrogen-bond donors (Lipinski definition) is 1. The molecule has 0 unspecified atom stereocenters. The Balaban J connectivity index is 1.23. The van der Waals surface area contributed by atoms with Crippen LogP contribution in [0, 0.1) is 44.1 Å². The second-order valence-corrected chi connectivity index (χ2v) is 15.7. The van der Waals surface area contributed by atoms with Crippen LogP contribution in [-0.2, 0) is 4.74 Å². The molecule has 3 aromatic carbocycles. The molecule has 3 aromatic rings. The average molecular weight is 630 g/mol. The maximum atomic E-state index is 14.5. The largest absolute Gasteiger partial charge is 0.496 e. The van der Waals surface area contributed by atoms with Gasteiger partial charge in [-0.1, -0.05) is 39.3 Å². The van der Waals surface area contributed by atoms with Crippen molar-refractivity contribution in [3.05, 3.63) is 46.0 Å². The Hall–Kier alpha value is -3.59. The number of methoxy groups -OCH3 is 1. The maximum Gasteiger partial charge on any atom is 0.339 e. The molecule has 8 rings (SSSR count). The highest BCUT2D eigenvalue weighted by Crippen LogP contribution is 2.73. The molecule has 1 aliphatic heterocycles. The number of nitro benzene ring substituents is 1. The van der Waals surface area contributed by atoms with Crippen molar-refractivity contribution in [1.82, 2.24) is 0 Å². The summed E-state index contributed by atoms with van der Waals surface area (Å²) in [6.07, 6.45) is 9.55. The van der Waals surface area contributed by atoms with Crippen molar-refractivity contribution in [2.24, 2.45) is 34.0 Å². The molecule has 4 saturated carbocycles. The fraction of sp³-hybridized carbons (Fsp3) is 0.595. The third kappa shape index (κ3) is 3.93. The van der Waals surface area contributed by atoms with E-state index in [0.29, 0.717) is 57.1 Å². The smallest absolute Gasteiger partial charge is 0.339 e. The summed E-state index contributed by atoms with van der Waals surface area (Å²) in [4.78, 5) is 26.6. The van der Waals surface area contributed by atoms with Crippen molar-refractivity contribution in [3.63, 3.8) is 0 Å². The highest BCUT2D eigenvalue weighted by atomic mass is 16.7. The average Bonchev–Trinajstić information content (AvgIpc) is 3.59. The number of carbonyl (C=O) groups is 1. The fourth-order valence-electron chi connectivity index (χ4n) is 11.7. The maximum absolute atomic E-state index is 14.5. The lowest BCUT2D eigenvalue weighted by Crippen LogP contribution is -2.55. The molecule has 0 radical (unpaired) electrons. The van der Waals surface area contributed by atoms with Crippen LogP contribution in [0.15, 0.2) is 30.3 Å². The number of fused-ring (bicyclic) bond motifs is 8. The Labute approximate surface area is 268 Å². The second-order valence-electron chi connectivity index (χ2n) is 15.7. The molecule has 1 heterocycles. The van der Waals surface area contributed by atoms with E-state index in [1.54, 1.807) is 12.1 Å². The quantitative estimate of drug-likeness (QED) is 0.131. The van der Waals surface area contributed by atoms with Crippen molar-refractivity contribution in [3.8, 4) is 17.2 Å². The number of esters is 1. The molecule has 244 valence electrons. The minimum Gasteiger partial charge on any atom is -0.496 e. The van der Waals surface area contributed by atoms with E-state index < -0.39 is 16.5 Å². The Kier molecular flexibility index (Phi) is 6.45. The van der Waals surface area contributed by atoms with Gasteiger partial charge >= 0.3 is 5.97 Å². The SMILES string of the molecule is COc1cccc2c1cc([N+](=O)[O-])c1c(C(=O)O[C@]3(CO)C[C@@]45CC[C@@H]6C(C)(C)CCC[C@@]6(C)[C@@H]4CC[C@@H]3C5)cc3c(c12)OCO3. The molecule has 1 N–H and O–H groups in total. The van der Waals surface area contributed by atoms with Crippen LogP contribution in [0.25, 0.3) is 21.5 Å². The summed E-state index contributed by atoms with van der Waals surface area (Å²) in [6, 6.07) is 8.34. The van der Waals surface area contributed by atoms with E-state index in [1.165, 1.54) is 38.5 Å². The number of hydrogen-bond acceptors (Lipinski definition) is 8. The molecule has 46 heavy (non-hydrogen) atoms. The third-order valence-corrected chi connectivity index (χ3v) is 13.3. The van der Waals surface area contributed by atoms with Gasteiger partial charge in [0, 0.05) is 22.8 Å². The lowest BCUT2D eigenvalue weighted by Gasteiger charge is -2.63. The van der Waals surface area contributed by atoms with E-state index in [2.05, 4.69) is 20.8 Å². The number of ether oxygens (including phenoxy) is 4. The first-order valence-electron chi connectivity index (χ1n) is 16.8. The molecular weight excluding hydrogens is 586 g/mol.